The molecule has 0 radical (unpaired) electrons. The molecule has 0 aliphatic carbocycles. The van der Waals surface area contributed by atoms with Crippen LogP contribution >= 0.6 is 0 Å². The maximum Gasteiger partial charge on any atom is 0.243 e. The van der Waals surface area contributed by atoms with Crippen molar-refractivity contribution in [2.75, 3.05) is 25.5 Å². The van der Waals surface area contributed by atoms with E-state index in [2.05, 4.69) is 5.32 Å². The van der Waals surface area contributed by atoms with Gasteiger partial charge in [0.2, 0.25) is 15.9 Å². The van der Waals surface area contributed by atoms with Gasteiger partial charge in [-0.15, -0.1) is 0 Å². The lowest BCUT2D eigenvalue weighted by molar-refractivity contribution is -0.120. The number of benzene rings is 2. The number of nitrogens with zero attached hydrogens (tertiary/aromatic N) is 1. The van der Waals surface area contributed by atoms with Gasteiger partial charge in [0, 0.05) is 18.8 Å². The summed E-state index contributed by atoms with van der Waals surface area (Å²) in [6, 6.07) is 15.4. The Bertz CT molecular complexity index is 851. The molecule has 0 unspecified atom stereocenters. The quantitative estimate of drug-likeness (QED) is 0.873. The summed E-state index contributed by atoms with van der Waals surface area (Å²) in [5.41, 5.74) is 0.666. The predicted molar refractivity (Wildman–Crippen MR) is 99.5 cm³/mol. The highest BCUT2D eigenvalue weighted by Gasteiger charge is 2.33. The minimum Gasteiger partial charge on any atom is -0.497 e. The summed E-state index contributed by atoms with van der Waals surface area (Å²) in [4.78, 5) is 12.8. The molecule has 1 heterocycles. The molecule has 0 spiro atoms. The van der Waals surface area contributed by atoms with Crippen molar-refractivity contribution in [2.24, 2.45) is 5.92 Å². The molecular formula is C19H22N2O4S. The molecule has 1 saturated heterocycles. The van der Waals surface area contributed by atoms with Gasteiger partial charge in [-0.25, -0.2) is 8.42 Å². The number of amides is 1. The summed E-state index contributed by atoms with van der Waals surface area (Å²) in [5.74, 6) is 0.174. The highest BCUT2D eigenvalue weighted by atomic mass is 32.2. The molecule has 2 aromatic carbocycles. The second kappa shape index (κ2) is 7.88. The van der Waals surface area contributed by atoms with Gasteiger partial charge in [0.25, 0.3) is 0 Å². The van der Waals surface area contributed by atoms with Crippen LogP contribution in [0.15, 0.2) is 59.5 Å². The fourth-order valence-corrected chi connectivity index (χ4v) is 4.58. The number of carbonyl (C=O) groups is 1. The molecule has 1 aliphatic rings. The predicted octanol–water partition coefficient (Wildman–Crippen LogP) is 2.73. The number of hydrogen-bond acceptors (Lipinski definition) is 4. The van der Waals surface area contributed by atoms with E-state index >= 15 is 0 Å². The van der Waals surface area contributed by atoms with E-state index in [1.165, 1.54) is 4.31 Å². The van der Waals surface area contributed by atoms with Gasteiger partial charge < -0.3 is 10.1 Å². The van der Waals surface area contributed by atoms with Crippen LogP contribution in [0.1, 0.15) is 12.8 Å². The largest absolute Gasteiger partial charge is 0.497 e. The minimum absolute atomic E-state index is 0.164. The van der Waals surface area contributed by atoms with Crippen LogP contribution in [0.2, 0.25) is 0 Å². The average Bonchev–Trinajstić information content (AvgIpc) is 2.69. The summed E-state index contributed by atoms with van der Waals surface area (Å²) < 4.78 is 32.0. The van der Waals surface area contributed by atoms with Crippen molar-refractivity contribution in [3.8, 4) is 5.75 Å². The zero-order valence-electron chi connectivity index (χ0n) is 14.6. The third kappa shape index (κ3) is 4.05. The van der Waals surface area contributed by atoms with Gasteiger partial charge in [0.05, 0.1) is 17.9 Å². The zero-order valence-corrected chi connectivity index (χ0v) is 15.4. The third-order valence-electron chi connectivity index (χ3n) is 4.49. The Hall–Kier alpha value is -2.38. The molecule has 0 aromatic heterocycles. The van der Waals surface area contributed by atoms with Crippen LogP contribution < -0.4 is 10.1 Å². The summed E-state index contributed by atoms with van der Waals surface area (Å²) >= 11 is 0. The van der Waals surface area contributed by atoms with E-state index in [1.807, 2.05) is 0 Å². The van der Waals surface area contributed by atoms with Gasteiger partial charge in [-0.3, -0.25) is 4.79 Å². The number of anilines is 1. The molecule has 0 saturated carbocycles. The van der Waals surface area contributed by atoms with E-state index in [-0.39, 0.29) is 23.3 Å². The van der Waals surface area contributed by atoms with E-state index in [4.69, 9.17) is 4.74 Å². The standard InChI is InChI=1S/C19H22N2O4S/c1-25-17-11-9-16(10-12-17)20-19(22)15-6-5-13-21(14-15)26(23,24)18-7-3-2-4-8-18/h2-4,7-12,15H,5-6,13-14H2,1H3,(H,20,22)/t15-/m1/s1. The number of sulfonamides is 1. The Balaban J connectivity index is 1.68. The van der Waals surface area contributed by atoms with Crippen LogP contribution in [-0.4, -0.2) is 38.8 Å². The van der Waals surface area contributed by atoms with Crippen molar-refractivity contribution in [3.05, 3.63) is 54.6 Å². The van der Waals surface area contributed by atoms with Crippen molar-refractivity contribution >= 4 is 21.6 Å². The first-order valence-corrected chi connectivity index (χ1v) is 9.95. The second-order valence-corrected chi connectivity index (χ2v) is 8.17. The Morgan fingerprint density at radius 1 is 1.12 bits per heavy atom. The fourth-order valence-electron chi connectivity index (χ4n) is 3.03. The molecule has 3 rings (SSSR count). The van der Waals surface area contributed by atoms with E-state index in [9.17, 15) is 13.2 Å². The first-order chi connectivity index (χ1) is 12.5. The number of carbonyl (C=O) groups excluding carboxylic acids is 1. The number of piperidine rings is 1. The van der Waals surface area contributed by atoms with Crippen molar-refractivity contribution in [2.45, 2.75) is 17.7 Å². The smallest absolute Gasteiger partial charge is 0.243 e. The van der Waals surface area contributed by atoms with E-state index in [0.717, 1.165) is 0 Å². The lowest BCUT2D eigenvalue weighted by Crippen LogP contribution is -2.43. The van der Waals surface area contributed by atoms with E-state index in [1.54, 1.807) is 61.7 Å². The number of rotatable bonds is 5. The monoisotopic (exact) mass is 374 g/mol. The summed E-state index contributed by atoms with van der Waals surface area (Å²) in [6.45, 7) is 0.628. The Morgan fingerprint density at radius 3 is 2.46 bits per heavy atom. The van der Waals surface area contributed by atoms with E-state index < -0.39 is 10.0 Å². The number of methoxy groups -OCH3 is 1. The van der Waals surface area contributed by atoms with Gasteiger partial charge in [0.1, 0.15) is 5.75 Å². The van der Waals surface area contributed by atoms with Crippen molar-refractivity contribution < 1.29 is 17.9 Å². The van der Waals surface area contributed by atoms with Crippen molar-refractivity contribution in [1.29, 1.82) is 0 Å². The summed E-state index contributed by atoms with van der Waals surface area (Å²) in [6.07, 6.45) is 1.33. The van der Waals surface area contributed by atoms with Gasteiger partial charge >= 0.3 is 0 Å². The molecule has 6 nitrogen and oxygen atoms in total. The average molecular weight is 374 g/mol. The SMILES string of the molecule is COc1ccc(NC(=O)[C@@H]2CCCN(S(=O)(=O)c3ccccc3)C2)cc1. The lowest BCUT2D eigenvalue weighted by atomic mass is 9.99. The van der Waals surface area contributed by atoms with Crippen molar-refractivity contribution in [1.82, 2.24) is 4.31 Å². The highest BCUT2D eigenvalue weighted by Crippen LogP contribution is 2.25. The summed E-state index contributed by atoms with van der Waals surface area (Å²) in [7, 11) is -1.99. The van der Waals surface area contributed by atoms with Crippen LogP contribution in [0.4, 0.5) is 5.69 Å². The van der Waals surface area contributed by atoms with Crippen molar-refractivity contribution in [3.63, 3.8) is 0 Å². The minimum atomic E-state index is -3.57. The lowest BCUT2D eigenvalue weighted by Gasteiger charge is -2.31. The van der Waals surface area contributed by atoms with Gasteiger partial charge in [-0.05, 0) is 49.2 Å². The van der Waals surface area contributed by atoms with Crippen LogP contribution in [0.3, 0.4) is 0 Å². The Morgan fingerprint density at radius 2 is 1.81 bits per heavy atom. The van der Waals surface area contributed by atoms with Gasteiger partial charge in [-0.1, -0.05) is 18.2 Å². The Kier molecular flexibility index (Phi) is 5.58. The topological polar surface area (TPSA) is 75.7 Å². The number of ether oxygens (including phenoxy) is 1. The fraction of sp³-hybridized carbons (Fsp3) is 0.316. The normalized spacial score (nSPS) is 18.3. The molecule has 1 fully saturated rings. The zero-order chi connectivity index (χ0) is 18.6. The van der Waals surface area contributed by atoms with Crippen LogP contribution in [-0.2, 0) is 14.8 Å². The highest BCUT2D eigenvalue weighted by molar-refractivity contribution is 7.89. The molecular weight excluding hydrogens is 352 g/mol. The maximum absolute atomic E-state index is 12.8. The molecule has 1 aliphatic heterocycles. The first-order valence-electron chi connectivity index (χ1n) is 8.51. The first kappa shape index (κ1) is 18.4. The molecule has 1 N–H and O–H groups in total. The third-order valence-corrected chi connectivity index (χ3v) is 6.37. The molecule has 1 atom stereocenters. The second-order valence-electron chi connectivity index (χ2n) is 6.23. The van der Waals surface area contributed by atoms with Crippen LogP contribution in [0, 0.1) is 5.92 Å². The number of nitrogens with one attached hydrogen (secondary N) is 1. The molecule has 138 valence electrons. The molecule has 26 heavy (non-hydrogen) atoms. The van der Waals surface area contributed by atoms with Crippen LogP contribution in [0.5, 0.6) is 5.75 Å². The van der Waals surface area contributed by atoms with E-state index in [0.29, 0.717) is 30.8 Å². The van der Waals surface area contributed by atoms with Crippen LogP contribution in [0.25, 0.3) is 0 Å². The van der Waals surface area contributed by atoms with Gasteiger partial charge in [-0.2, -0.15) is 4.31 Å². The molecule has 0 bridgehead atoms. The Labute approximate surface area is 153 Å². The maximum atomic E-state index is 12.8. The molecule has 7 heteroatoms. The molecule has 1 amide bonds. The summed E-state index contributed by atoms with van der Waals surface area (Å²) in [5, 5.41) is 2.86. The number of hydrogen-bond donors (Lipinski definition) is 1. The van der Waals surface area contributed by atoms with Gasteiger partial charge in [0.15, 0.2) is 0 Å². The molecule has 2 aromatic rings.